The van der Waals surface area contributed by atoms with Gasteiger partial charge in [-0.25, -0.2) is 4.98 Å². The number of ether oxygens (including phenoxy) is 1. The maximum Gasteiger partial charge on any atom is 0.126 e. The van der Waals surface area contributed by atoms with Crippen LogP contribution in [-0.2, 0) is 0 Å². The lowest BCUT2D eigenvalue weighted by molar-refractivity contribution is 0.416. The van der Waals surface area contributed by atoms with E-state index in [9.17, 15) is 0 Å². The van der Waals surface area contributed by atoms with Crippen LogP contribution in [0.1, 0.15) is 5.56 Å². The van der Waals surface area contributed by atoms with E-state index in [2.05, 4.69) is 40.3 Å². The molecule has 0 fully saturated rings. The zero-order valence-corrected chi connectivity index (χ0v) is 14.8. The Morgan fingerprint density at radius 2 is 1.85 bits per heavy atom. The van der Waals surface area contributed by atoms with E-state index in [0.717, 1.165) is 39.4 Å². The molecule has 4 rings (SSSR count). The van der Waals surface area contributed by atoms with Crippen molar-refractivity contribution in [2.24, 2.45) is 0 Å². The second kappa shape index (κ2) is 6.84. The molecule has 2 heterocycles. The topological polar surface area (TPSA) is 39.9 Å². The van der Waals surface area contributed by atoms with E-state index >= 15 is 0 Å². The van der Waals surface area contributed by atoms with E-state index < -0.39 is 0 Å². The molecule has 0 radical (unpaired) electrons. The van der Waals surface area contributed by atoms with Gasteiger partial charge in [-0.15, -0.1) is 0 Å². The number of hydrogen-bond acceptors (Lipinski definition) is 3. The predicted octanol–water partition coefficient (Wildman–Crippen LogP) is 4.92. The number of methoxy groups -OCH3 is 1. The lowest BCUT2D eigenvalue weighted by Gasteiger charge is -2.10. The van der Waals surface area contributed by atoms with Crippen molar-refractivity contribution in [1.82, 2.24) is 14.5 Å². The molecular weight excluding hydrogens is 322 g/mol. The number of para-hydroxylation sites is 1. The molecule has 4 heteroatoms. The highest BCUT2D eigenvalue weighted by molar-refractivity contribution is 5.72. The molecule has 0 bridgehead atoms. The van der Waals surface area contributed by atoms with Gasteiger partial charge in [-0.2, -0.15) is 0 Å². The summed E-state index contributed by atoms with van der Waals surface area (Å²) in [6.45, 7) is 2.05. The Labute approximate surface area is 152 Å². The third kappa shape index (κ3) is 2.97. The van der Waals surface area contributed by atoms with Crippen LogP contribution in [0, 0.1) is 6.92 Å². The molecule has 0 aliphatic rings. The quantitative estimate of drug-likeness (QED) is 0.529. The van der Waals surface area contributed by atoms with Crippen molar-refractivity contribution in [3.63, 3.8) is 0 Å². The van der Waals surface area contributed by atoms with Crippen molar-refractivity contribution in [2.45, 2.75) is 6.92 Å². The number of hydrogen-bond donors (Lipinski definition) is 0. The average molecular weight is 341 g/mol. The van der Waals surface area contributed by atoms with Crippen molar-refractivity contribution < 1.29 is 4.74 Å². The molecule has 2 aromatic heterocycles. The highest BCUT2D eigenvalue weighted by atomic mass is 16.5. The summed E-state index contributed by atoms with van der Waals surface area (Å²) in [5.41, 5.74) is 6.38. The fourth-order valence-corrected chi connectivity index (χ4v) is 3.08. The largest absolute Gasteiger partial charge is 0.496 e. The summed E-state index contributed by atoms with van der Waals surface area (Å²) < 4.78 is 7.53. The molecule has 4 nitrogen and oxygen atoms in total. The Kier molecular flexibility index (Phi) is 4.23. The second-order valence-corrected chi connectivity index (χ2v) is 6.11. The summed E-state index contributed by atoms with van der Waals surface area (Å²) >= 11 is 0. The van der Waals surface area contributed by atoms with Gasteiger partial charge in [0.1, 0.15) is 5.75 Å². The lowest BCUT2D eigenvalue weighted by atomic mass is 10.0. The van der Waals surface area contributed by atoms with Crippen LogP contribution in [0.15, 0.2) is 79.5 Å². The van der Waals surface area contributed by atoms with Gasteiger partial charge in [-0.3, -0.25) is 4.98 Å². The molecule has 0 aliphatic carbocycles. The van der Waals surface area contributed by atoms with Crippen LogP contribution in [0.4, 0.5) is 0 Å². The van der Waals surface area contributed by atoms with E-state index in [4.69, 9.17) is 4.74 Å². The molecule has 0 amide bonds. The Bertz CT molecular complexity index is 1050. The molecule has 26 heavy (non-hydrogen) atoms. The first kappa shape index (κ1) is 16.1. The minimum absolute atomic E-state index is 0.864. The van der Waals surface area contributed by atoms with Crippen molar-refractivity contribution in [3.8, 4) is 33.8 Å². The minimum atomic E-state index is 0.864. The standard InChI is InChI=1S/C22H19N3O/c1-16-13-23-11-10-19(16)21-14-25(15-24-21)18-7-5-6-17(12-18)20-8-3-4-9-22(20)26-2/h3-15H,1-2H3. The summed E-state index contributed by atoms with van der Waals surface area (Å²) in [4.78, 5) is 8.72. The Balaban J connectivity index is 1.73. The maximum absolute atomic E-state index is 5.50. The van der Waals surface area contributed by atoms with Crippen molar-refractivity contribution >= 4 is 0 Å². The summed E-state index contributed by atoms with van der Waals surface area (Å²) in [5, 5.41) is 0. The molecule has 0 atom stereocenters. The molecule has 0 saturated carbocycles. The van der Waals surface area contributed by atoms with Crippen molar-refractivity contribution in [2.75, 3.05) is 7.11 Å². The number of nitrogens with zero attached hydrogens (tertiary/aromatic N) is 3. The van der Waals surface area contributed by atoms with E-state index in [1.165, 1.54) is 0 Å². The Morgan fingerprint density at radius 3 is 2.69 bits per heavy atom. The van der Waals surface area contributed by atoms with Gasteiger partial charge in [0.2, 0.25) is 0 Å². The number of rotatable bonds is 4. The van der Waals surface area contributed by atoms with Crippen LogP contribution in [0.5, 0.6) is 5.75 Å². The van der Waals surface area contributed by atoms with Crippen LogP contribution in [0.2, 0.25) is 0 Å². The van der Waals surface area contributed by atoms with E-state index in [1.807, 2.05) is 54.5 Å². The number of imidazole rings is 1. The third-order valence-corrected chi connectivity index (χ3v) is 4.44. The molecule has 0 saturated heterocycles. The van der Waals surface area contributed by atoms with Crippen LogP contribution in [-0.4, -0.2) is 21.6 Å². The fraction of sp³-hybridized carbons (Fsp3) is 0.0909. The normalized spacial score (nSPS) is 10.7. The van der Waals surface area contributed by atoms with Gasteiger partial charge >= 0.3 is 0 Å². The first-order valence-corrected chi connectivity index (χ1v) is 8.45. The summed E-state index contributed by atoms with van der Waals surface area (Å²) in [6.07, 6.45) is 7.54. The maximum atomic E-state index is 5.50. The fourth-order valence-electron chi connectivity index (χ4n) is 3.08. The number of aryl methyl sites for hydroxylation is 1. The first-order valence-electron chi connectivity index (χ1n) is 8.45. The summed E-state index contributed by atoms with van der Waals surface area (Å²) in [7, 11) is 1.70. The Hall–Kier alpha value is -3.40. The molecule has 0 N–H and O–H groups in total. The zero-order chi connectivity index (χ0) is 17.9. The molecule has 128 valence electrons. The average Bonchev–Trinajstić information content (AvgIpc) is 3.18. The van der Waals surface area contributed by atoms with Gasteiger partial charge < -0.3 is 9.30 Å². The predicted molar refractivity (Wildman–Crippen MR) is 104 cm³/mol. The molecule has 0 unspecified atom stereocenters. The lowest BCUT2D eigenvalue weighted by Crippen LogP contribution is -1.92. The molecule has 4 aromatic rings. The van der Waals surface area contributed by atoms with Gasteiger partial charge in [0.15, 0.2) is 0 Å². The smallest absolute Gasteiger partial charge is 0.126 e. The SMILES string of the molecule is COc1ccccc1-c1cccc(-n2cnc(-c3ccncc3C)c2)c1. The monoisotopic (exact) mass is 341 g/mol. The van der Waals surface area contributed by atoms with Crippen molar-refractivity contribution in [3.05, 3.63) is 85.1 Å². The van der Waals surface area contributed by atoms with Gasteiger partial charge in [0.05, 0.1) is 19.1 Å². The highest BCUT2D eigenvalue weighted by Crippen LogP contribution is 2.31. The van der Waals surface area contributed by atoms with Crippen LogP contribution in [0.3, 0.4) is 0 Å². The molecular formula is C22H19N3O. The zero-order valence-electron chi connectivity index (χ0n) is 14.8. The number of pyridine rings is 1. The molecule has 0 aliphatic heterocycles. The third-order valence-electron chi connectivity index (χ3n) is 4.44. The molecule has 0 spiro atoms. The second-order valence-electron chi connectivity index (χ2n) is 6.11. The van der Waals surface area contributed by atoms with E-state index in [0.29, 0.717) is 0 Å². The van der Waals surface area contributed by atoms with Gasteiger partial charge in [-0.05, 0) is 42.3 Å². The summed E-state index contributed by atoms with van der Waals surface area (Å²) in [5.74, 6) is 0.864. The number of benzene rings is 2. The first-order chi connectivity index (χ1) is 12.8. The summed E-state index contributed by atoms with van der Waals surface area (Å²) in [6, 6.07) is 18.4. The number of aromatic nitrogens is 3. The highest BCUT2D eigenvalue weighted by Gasteiger charge is 2.09. The van der Waals surface area contributed by atoms with Crippen LogP contribution in [0.25, 0.3) is 28.1 Å². The van der Waals surface area contributed by atoms with Gasteiger partial charge in [-0.1, -0.05) is 30.3 Å². The van der Waals surface area contributed by atoms with Crippen LogP contribution < -0.4 is 4.74 Å². The van der Waals surface area contributed by atoms with Gasteiger partial charge in [0, 0.05) is 35.4 Å². The van der Waals surface area contributed by atoms with Gasteiger partial charge in [0.25, 0.3) is 0 Å². The van der Waals surface area contributed by atoms with Crippen molar-refractivity contribution in [1.29, 1.82) is 0 Å². The Morgan fingerprint density at radius 1 is 0.962 bits per heavy atom. The molecule has 2 aromatic carbocycles. The van der Waals surface area contributed by atoms with Crippen LogP contribution >= 0.6 is 0 Å². The minimum Gasteiger partial charge on any atom is -0.496 e. The van der Waals surface area contributed by atoms with E-state index in [-0.39, 0.29) is 0 Å². The van der Waals surface area contributed by atoms with E-state index in [1.54, 1.807) is 13.3 Å².